The van der Waals surface area contributed by atoms with E-state index in [2.05, 4.69) is 39.6 Å². The van der Waals surface area contributed by atoms with Crippen LogP contribution >= 0.6 is 0 Å². The number of methoxy groups -OCH3 is 3. The quantitative estimate of drug-likeness (QED) is 0.209. The van der Waals surface area contributed by atoms with Gasteiger partial charge in [0.1, 0.15) is 11.5 Å². The number of fused-ring (bicyclic) bond motifs is 1. The third-order valence-corrected chi connectivity index (χ3v) is 8.00. The molecule has 0 radical (unpaired) electrons. The van der Waals surface area contributed by atoms with E-state index in [1.807, 2.05) is 6.92 Å². The van der Waals surface area contributed by atoms with Gasteiger partial charge in [-0.3, -0.25) is 4.79 Å². The molecule has 0 amide bonds. The van der Waals surface area contributed by atoms with E-state index in [1.54, 1.807) is 14.2 Å². The minimum absolute atomic E-state index is 0.131. The van der Waals surface area contributed by atoms with E-state index >= 15 is 0 Å². The molecule has 1 aliphatic rings. The van der Waals surface area contributed by atoms with Crippen LogP contribution in [0.3, 0.4) is 0 Å². The van der Waals surface area contributed by atoms with Crippen molar-refractivity contribution >= 4 is 14.0 Å². The molecule has 0 N–H and O–H groups in total. The van der Waals surface area contributed by atoms with Crippen LogP contribution in [-0.4, -0.2) is 42.0 Å². The molecule has 0 aromatic heterocycles. The van der Waals surface area contributed by atoms with Crippen molar-refractivity contribution < 1.29 is 28.5 Å². The van der Waals surface area contributed by atoms with Crippen LogP contribution in [-0.2, 0) is 32.0 Å². The second kappa shape index (κ2) is 12.0. The number of hydrogen-bond acceptors (Lipinski definition) is 6. The molecule has 0 fully saturated rings. The zero-order valence-electron chi connectivity index (χ0n) is 21.9. The Kier molecular flexibility index (Phi) is 10.0. The summed E-state index contributed by atoms with van der Waals surface area (Å²) >= 11 is 0. The summed E-state index contributed by atoms with van der Waals surface area (Å²) < 4.78 is 28.8. The number of carbonyl (C=O) groups excluding carboxylic acids is 1. The fraction of sp³-hybridized carbons (Fsp3) is 0.654. The van der Waals surface area contributed by atoms with Gasteiger partial charge in [-0.25, -0.2) is 0 Å². The Balaban J connectivity index is 2.46. The third-order valence-electron chi connectivity index (χ3n) is 6.29. The van der Waals surface area contributed by atoms with Crippen molar-refractivity contribution in [2.75, 3.05) is 27.9 Å². The average molecular weight is 479 g/mol. The Morgan fingerprint density at radius 1 is 1.21 bits per heavy atom. The van der Waals surface area contributed by atoms with Crippen LogP contribution < -0.4 is 9.47 Å². The van der Waals surface area contributed by atoms with Gasteiger partial charge >= 0.3 is 5.97 Å². The molecule has 1 heterocycles. The number of esters is 1. The zero-order chi connectivity index (χ0) is 24.8. The Labute approximate surface area is 200 Å². The topological polar surface area (TPSA) is 63.2 Å². The number of hydrogen-bond donors (Lipinski definition) is 0. The fourth-order valence-corrected chi connectivity index (χ4v) is 4.94. The monoisotopic (exact) mass is 478 g/mol. The first-order chi connectivity index (χ1) is 15.6. The van der Waals surface area contributed by atoms with E-state index < -0.39 is 14.4 Å². The number of ether oxygens (including phenoxy) is 5. The van der Waals surface area contributed by atoms with Gasteiger partial charge in [-0.05, 0) is 50.3 Å². The molecule has 1 aliphatic heterocycles. The van der Waals surface area contributed by atoms with Gasteiger partial charge in [0.05, 0.1) is 38.9 Å². The highest BCUT2D eigenvalue weighted by Crippen LogP contribution is 2.47. The van der Waals surface area contributed by atoms with Crippen molar-refractivity contribution in [3.63, 3.8) is 0 Å². The number of rotatable bonds is 12. The second-order valence-electron chi connectivity index (χ2n) is 9.98. The van der Waals surface area contributed by atoms with Crippen molar-refractivity contribution in [3.05, 3.63) is 33.9 Å². The van der Waals surface area contributed by atoms with Gasteiger partial charge in [-0.2, -0.15) is 0 Å². The van der Waals surface area contributed by atoms with Gasteiger partial charge in [-0.1, -0.05) is 38.2 Å². The largest absolute Gasteiger partial charge is 0.496 e. The van der Waals surface area contributed by atoms with E-state index in [9.17, 15) is 4.79 Å². The van der Waals surface area contributed by atoms with Crippen molar-refractivity contribution in [3.8, 4) is 11.5 Å². The highest BCUT2D eigenvalue weighted by Gasteiger charge is 2.34. The predicted octanol–water partition coefficient (Wildman–Crippen LogP) is 5.97. The van der Waals surface area contributed by atoms with Crippen LogP contribution in [0.5, 0.6) is 11.5 Å². The van der Waals surface area contributed by atoms with Gasteiger partial charge in [0.15, 0.2) is 6.29 Å². The van der Waals surface area contributed by atoms with Gasteiger partial charge in [-0.15, -0.1) is 0 Å². The lowest BCUT2D eigenvalue weighted by atomic mass is 9.93. The molecule has 1 aromatic rings. The summed E-state index contributed by atoms with van der Waals surface area (Å²) in [5.41, 5.74) is 5.27. The van der Waals surface area contributed by atoms with Crippen LogP contribution in [0.4, 0.5) is 0 Å². The van der Waals surface area contributed by atoms with Crippen LogP contribution in [0.2, 0.25) is 25.7 Å². The van der Waals surface area contributed by atoms with E-state index in [0.29, 0.717) is 26.1 Å². The highest BCUT2D eigenvalue weighted by molar-refractivity contribution is 6.76. The molecule has 0 saturated carbocycles. The van der Waals surface area contributed by atoms with Crippen LogP contribution in [0.25, 0.3) is 0 Å². The van der Waals surface area contributed by atoms with E-state index in [1.165, 1.54) is 7.11 Å². The molecule has 2 rings (SSSR count). The lowest BCUT2D eigenvalue weighted by Gasteiger charge is -2.24. The van der Waals surface area contributed by atoms with Crippen LogP contribution in [0, 0.1) is 12.8 Å². The van der Waals surface area contributed by atoms with Crippen LogP contribution in [0.1, 0.15) is 55.2 Å². The number of benzene rings is 1. The fourth-order valence-electron chi connectivity index (χ4n) is 4.23. The highest BCUT2D eigenvalue weighted by atomic mass is 28.3. The van der Waals surface area contributed by atoms with Crippen molar-refractivity contribution in [2.45, 2.75) is 78.6 Å². The van der Waals surface area contributed by atoms with E-state index in [4.69, 9.17) is 23.7 Å². The van der Waals surface area contributed by atoms with Gasteiger partial charge in [0, 0.05) is 20.7 Å². The van der Waals surface area contributed by atoms with Crippen LogP contribution in [0.15, 0.2) is 11.6 Å². The van der Waals surface area contributed by atoms with Crippen molar-refractivity contribution in [1.82, 2.24) is 0 Å². The maximum absolute atomic E-state index is 12.0. The standard InChI is InChI=1S/C26H42O6Si/c1-10-19(25(27)29-5)15-17(2)11-12-20-23(28-4)18(3)21-16-32-26(30-6)22(21)24(20)31-13-14-33(7,8)9/h11,19,26H,10,12-16H2,1-9H3/b17-11+/t19-,26?/m0/s1. The summed E-state index contributed by atoms with van der Waals surface area (Å²) in [6.07, 6.45) is 3.78. The molecule has 0 saturated heterocycles. The molecular formula is C26H42O6Si. The van der Waals surface area contributed by atoms with E-state index in [-0.39, 0.29) is 11.9 Å². The summed E-state index contributed by atoms with van der Waals surface area (Å²) in [7, 11) is 3.55. The maximum Gasteiger partial charge on any atom is 0.308 e. The first-order valence-electron chi connectivity index (χ1n) is 11.8. The summed E-state index contributed by atoms with van der Waals surface area (Å²) in [5.74, 6) is 1.36. The second-order valence-corrected chi connectivity index (χ2v) is 15.6. The van der Waals surface area contributed by atoms with E-state index in [0.717, 1.165) is 51.8 Å². The molecule has 1 unspecified atom stereocenters. The Morgan fingerprint density at radius 3 is 2.45 bits per heavy atom. The zero-order valence-corrected chi connectivity index (χ0v) is 22.9. The molecule has 0 aliphatic carbocycles. The van der Waals surface area contributed by atoms with Crippen molar-refractivity contribution in [1.29, 1.82) is 0 Å². The SMILES string of the molecule is CC[C@@H](C/C(C)=C/Cc1c(OC)c(C)c2c(c1OCC[Si](C)(C)C)C(OC)OC2)C(=O)OC. The maximum atomic E-state index is 12.0. The summed E-state index contributed by atoms with van der Waals surface area (Å²) in [6, 6.07) is 1.06. The van der Waals surface area contributed by atoms with Gasteiger partial charge in [0.25, 0.3) is 0 Å². The molecule has 186 valence electrons. The Bertz CT molecular complexity index is 856. The molecule has 1 aromatic carbocycles. The summed E-state index contributed by atoms with van der Waals surface area (Å²) in [6.45, 7) is 14.3. The average Bonchev–Trinajstić information content (AvgIpc) is 3.20. The minimum atomic E-state index is -1.26. The number of allylic oxidation sites excluding steroid dienone is 2. The predicted molar refractivity (Wildman–Crippen MR) is 134 cm³/mol. The minimum Gasteiger partial charge on any atom is -0.496 e. The van der Waals surface area contributed by atoms with Gasteiger partial charge < -0.3 is 23.7 Å². The molecule has 0 bridgehead atoms. The lowest BCUT2D eigenvalue weighted by molar-refractivity contribution is -0.145. The molecule has 33 heavy (non-hydrogen) atoms. The molecule has 7 heteroatoms. The Hall–Kier alpha value is -1.83. The smallest absolute Gasteiger partial charge is 0.308 e. The normalized spacial score (nSPS) is 17.0. The number of carbonyl (C=O) groups is 1. The molecular weight excluding hydrogens is 436 g/mol. The first kappa shape index (κ1) is 27.4. The lowest BCUT2D eigenvalue weighted by Crippen LogP contribution is -2.23. The molecule has 0 spiro atoms. The molecule has 6 nitrogen and oxygen atoms in total. The Morgan fingerprint density at radius 2 is 1.91 bits per heavy atom. The first-order valence-corrected chi connectivity index (χ1v) is 15.5. The van der Waals surface area contributed by atoms with Crippen molar-refractivity contribution in [2.24, 2.45) is 5.92 Å². The summed E-state index contributed by atoms with van der Waals surface area (Å²) in [4.78, 5) is 12.0. The summed E-state index contributed by atoms with van der Waals surface area (Å²) in [5, 5.41) is 0. The molecule has 2 atom stereocenters. The third kappa shape index (κ3) is 6.84. The van der Waals surface area contributed by atoms with Gasteiger partial charge in [0.2, 0.25) is 0 Å².